The zero-order valence-electron chi connectivity index (χ0n) is 11.5. The Hall–Kier alpha value is -1.24. The quantitative estimate of drug-likeness (QED) is 0.777. The monoisotopic (exact) mass is 310 g/mol. The van der Waals surface area contributed by atoms with Gasteiger partial charge >= 0.3 is 16.3 Å². The number of rotatable bonds is 5. The van der Waals surface area contributed by atoms with Crippen LogP contribution in [0.1, 0.15) is 37.3 Å². The molecular formula is C13H17F3O3S. The summed E-state index contributed by atoms with van der Waals surface area (Å²) in [6.07, 6.45) is -5.94. The lowest BCUT2D eigenvalue weighted by Crippen LogP contribution is -2.20. The SMILES string of the molecule is Cc1ccc(C(C)C)c(OS(=O)(=O)CCC(F)(F)F)c1. The zero-order valence-corrected chi connectivity index (χ0v) is 12.3. The first-order valence-corrected chi connectivity index (χ1v) is 7.67. The Morgan fingerprint density at radius 1 is 1.25 bits per heavy atom. The Balaban J connectivity index is 2.94. The Morgan fingerprint density at radius 2 is 1.85 bits per heavy atom. The molecule has 1 aromatic rings. The molecular weight excluding hydrogens is 293 g/mol. The van der Waals surface area contributed by atoms with Gasteiger partial charge in [0, 0.05) is 0 Å². The summed E-state index contributed by atoms with van der Waals surface area (Å²) in [5.74, 6) is -0.979. The number of alkyl halides is 3. The van der Waals surface area contributed by atoms with Gasteiger partial charge in [-0.15, -0.1) is 0 Å². The second-order valence-electron chi connectivity index (χ2n) is 4.91. The van der Waals surface area contributed by atoms with Crippen molar-refractivity contribution in [2.24, 2.45) is 0 Å². The van der Waals surface area contributed by atoms with Gasteiger partial charge in [-0.3, -0.25) is 0 Å². The second-order valence-corrected chi connectivity index (χ2v) is 6.60. The lowest BCUT2D eigenvalue weighted by atomic mass is 10.0. The van der Waals surface area contributed by atoms with E-state index in [9.17, 15) is 21.6 Å². The Morgan fingerprint density at radius 3 is 2.35 bits per heavy atom. The summed E-state index contributed by atoms with van der Waals surface area (Å²) in [7, 11) is -4.26. The van der Waals surface area contributed by atoms with Crippen molar-refractivity contribution >= 4 is 10.1 Å². The average Bonchev–Trinajstić information content (AvgIpc) is 2.24. The van der Waals surface area contributed by atoms with E-state index in [2.05, 4.69) is 0 Å². The van der Waals surface area contributed by atoms with Crippen molar-refractivity contribution in [1.82, 2.24) is 0 Å². The maximum Gasteiger partial charge on any atom is 0.390 e. The molecule has 0 spiro atoms. The van der Waals surface area contributed by atoms with Gasteiger partial charge in [0.1, 0.15) is 5.75 Å². The molecule has 0 aliphatic rings. The van der Waals surface area contributed by atoms with E-state index < -0.39 is 28.5 Å². The van der Waals surface area contributed by atoms with Crippen LogP contribution >= 0.6 is 0 Å². The van der Waals surface area contributed by atoms with E-state index >= 15 is 0 Å². The number of hydrogen-bond donors (Lipinski definition) is 0. The van der Waals surface area contributed by atoms with Crippen LogP contribution in [0.15, 0.2) is 18.2 Å². The normalized spacial score (nSPS) is 12.8. The first-order valence-electron chi connectivity index (χ1n) is 6.09. The van der Waals surface area contributed by atoms with Gasteiger partial charge in [-0.05, 0) is 30.0 Å². The number of hydrogen-bond acceptors (Lipinski definition) is 3. The second kappa shape index (κ2) is 6.03. The fourth-order valence-corrected chi connectivity index (χ4v) is 2.59. The summed E-state index contributed by atoms with van der Waals surface area (Å²) in [6.45, 7) is 5.44. The summed E-state index contributed by atoms with van der Waals surface area (Å²) < 4.78 is 64.3. The molecule has 0 saturated heterocycles. The highest BCUT2D eigenvalue weighted by Gasteiger charge is 2.31. The zero-order chi connectivity index (χ0) is 15.6. The van der Waals surface area contributed by atoms with E-state index in [0.29, 0.717) is 5.56 Å². The maximum atomic E-state index is 12.1. The molecule has 0 aliphatic carbocycles. The molecule has 0 aromatic heterocycles. The van der Waals surface area contributed by atoms with E-state index in [1.807, 2.05) is 13.8 Å². The molecule has 20 heavy (non-hydrogen) atoms. The average molecular weight is 310 g/mol. The molecule has 0 N–H and O–H groups in total. The van der Waals surface area contributed by atoms with Crippen molar-refractivity contribution in [2.75, 3.05) is 5.75 Å². The Labute approximate surface area is 116 Å². The molecule has 0 saturated carbocycles. The highest BCUT2D eigenvalue weighted by Crippen LogP contribution is 2.29. The summed E-state index contributed by atoms with van der Waals surface area (Å²) >= 11 is 0. The third kappa shape index (κ3) is 5.40. The minimum atomic E-state index is -4.52. The topological polar surface area (TPSA) is 43.4 Å². The minimum absolute atomic E-state index is 0.00316. The molecule has 1 rings (SSSR count). The standard InChI is InChI=1S/C13H17F3O3S/c1-9(2)11-5-4-10(3)8-12(11)19-20(17,18)7-6-13(14,15)16/h4-5,8-9H,6-7H2,1-3H3. The first kappa shape index (κ1) is 16.8. The molecule has 0 unspecified atom stereocenters. The molecule has 1 aromatic carbocycles. The number of halogens is 3. The molecule has 0 aliphatic heterocycles. The minimum Gasteiger partial charge on any atom is -0.382 e. The van der Waals surface area contributed by atoms with Crippen molar-refractivity contribution < 1.29 is 25.8 Å². The van der Waals surface area contributed by atoms with Gasteiger partial charge in [0.15, 0.2) is 0 Å². The van der Waals surface area contributed by atoms with Crippen molar-refractivity contribution in [1.29, 1.82) is 0 Å². The van der Waals surface area contributed by atoms with Crippen LogP contribution in [-0.4, -0.2) is 20.3 Å². The summed E-state index contributed by atoms with van der Waals surface area (Å²) in [5, 5.41) is 0. The first-order chi connectivity index (χ1) is 9.00. The van der Waals surface area contributed by atoms with Gasteiger partial charge < -0.3 is 4.18 Å². The number of benzene rings is 1. The van der Waals surface area contributed by atoms with E-state index in [0.717, 1.165) is 5.56 Å². The molecule has 7 heteroatoms. The van der Waals surface area contributed by atoms with Gasteiger partial charge in [-0.25, -0.2) is 0 Å². The van der Waals surface area contributed by atoms with E-state index in [1.165, 1.54) is 6.07 Å². The van der Waals surface area contributed by atoms with E-state index in [1.54, 1.807) is 19.1 Å². The van der Waals surface area contributed by atoms with Gasteiger partial charge in [0.2, 0.25) is 0 Å². The smallest absolute Gasteiger partial charge is 0.382 e. The van der Waals surface area contributed by atoms with Gasteiger partial charge in [-0.1, -0.05) is 26.0 Å². The Bertz CT molecular complexity index is 563. The fraction of sp³-hybridized carbons (Fsp3) is 0.538. The Kier molecular flexibility index (Phi) is 5.07. The van der Waals surface area contributed by atoms with Crippen LogP contribution < -0.4 is 4.18 Å². The highest BCUT2D eigenvalue weighted by atomic mass is 32.2. The molecule has 0 fully saturated rings. The third-order valence-electron chi connectivity index (χ3n) is 2.64. The fourth-order valence-electron chi connectivity index (χ4n) is 1.61. The molecule has 0 atom stereocenters. The molecule has 3 nitrogen and oxygen atoms in total. The predicted molar refractivity (Wildman–Crippen MR) is 70.4 cm³/mol. The van der Waals surface area contributed by atoms with Crippen molar-refractivity contribution in [3.8, 4) is 5.75 Å². The highest BCUT2D eigenvalue weighted by molar-refractivity contribution is 7.87. The van der Waals surface area contributed by atoms with Crippen LogP contribution in [0, 0.1) is 6.92 Å². The largest absolute Gasteiger partial charge is 0.390 e. The van der Waals surface area contributed by atoms with Crippen LogP contribution in [-0.2, 0) is 10.1 Å². The van der Waals surface area contributed by atoms with Crippen molar-refractivity contribution in [3.05, 3.63) is 29.3 Å². The molecule has 0 heterocycles. The summed E-state index contributed by atoms with van der Waals surface area (Å²) in [4.78, 5) is 0. The molecule has 0 amide bonds. The lowest BCUT2D eigenvalue weighted by molar-refractivity contribution is -0.130. The van der Waals surface area contributed by atoms with Gasteiger partial charge in [-0.2, -0.15) is 21.6 Å². The van der Waals surface area contributed by atoms with Crippen LogP contribution in [0.25, 0.3) is 0 Å². The van der Waals surface area contributed by atoms with Gasteiger partial charge in [0.25, 0.3) is 0 Å². The molecule has 0 radical (unpaired) electrons. The molecule has 0 bridgehead atoms. The van der Waals surface area contributed by atoms with Gasteiger partial charge in [0.05, 0.1) is 12.2 Å². The molecule has 114 valence electrons. The summed E-state index contributed by atoms with van der Waals surface area (Å²) in [5.41, 5.74) is 1.42. The predicted octanol–water partition coefficient (Wildman–Crippen LogP) is 3.78. The third-order valence-corrected chi connectivity index (χ3v) is 3.78. The van der Waals surface area contributed by atoms with Crippen LogP contribution in [0.4, 0.5) is 13.2 Å². The van der Waals surface area contributed by atoms with E-state index in [4.69, 9.17) is 4.18 Å². The lowest BCUT2D eigenvalue weighted by Gasteiger charge is -2.15. The maximum absolute atomic E-state index is 12.1. The van der Waals surface area contributed by atoms with Crippen LogP contribution in [0.2, 0.25) is 0 Å². The summed E-state index contributed by atoms with van der Waals surface area (Å²) in [6, 6.07) is 5.03. The van der Waals surface area contributed by atoms with E-state index in [-0.39, 0.29) is 11.7 Å². The number of aryl methyl sites for hydroxylation is 1. The van der Waals surface area contributed by atoms with Crippen molar-refractivity contribution in [3.63, 3.8) is 0 Å². The van der Waals surface area contributed by atoms with Crippen LogP contribution in [0.5, 0.6) is 5.75 Å². The van der Waals surface area contributed by atoms with Crippen molar-refractivity contribution in [2.45, 2.75) is 39.3 Å². The van der Waals surface area contributed by atoms with Crippen LogP contribution in [0.3, 0.4) is 0 Å².